The van der Waals surface area contributed by atoms with Gasteiger partial charge in [-0.15, -0.1) is 0 Å². The molecule has 1 saturated heterocycles. The fourth-order valence-corrected chi connectivity index (χ4v) is 1.95. The number of aryl methyl sites for hydroxylation is 1. The zero-order chi connectivity index (χ0) is 9.10. The molecule has 0 unspecified atom stereocenters. The van der Waals surface area contributed by atoms with Gasteiger partial charge in [0.1, 0.15) is 5.82 Å². The molecule has 0 bridgehead atoms. The average Bonchev–Trinajstić information content (AvgIpc) is 2.67. The number of hydrogen-bond donors (Lipinski definition) is 1. The van der Waals surface area contributed by atoms with Crippen molar-refractivity contribution in [2.24, 2.45) is 0 Å². The molecule has 13 heavy (non-hydrogen) atoms. The van der Waals surface area contributed by atoms with Gasteiger partial charge in [0.15, 0.2) is 0 Å². The van der Waals surface area contributed by atoms with Crippen LogP contribution in [0.25, 0.3) is 0 Å². The topological polar surface area (TPSA) is 31.9 Å². The maximum Gasteiger partial charge on any atom is 0.127 e. The van der Waals surface area contributed by atoms with Crippen LogP contribution in [0.4, 0.5) is 5.82 Å². The molecule has 3 heteroatoms. The van der Waals surface area contributed by atoms with Crippen LogP contribution >= 0.6 is 0 Å². The third kappa shape index (κ3) is 1.69. The predicted octanol–water partition coefficient (Wildman–Crippen LogP) is 1.96. The van der Waals surface area contributed by atoms with Gasteiger partial charge in [-0.2, -0.15) is 5.10 Å². The summed E-state index contributed by atoms with van der Waals surface area (Å²) in [4.78, 5) is 2.43. The first-order chi connectivity index (χ1) is 6.42. The molecule has 0 spiro atoms. The maximum absolute atomic E-state index is 4.10. The first-order valence-corrected chi connectivity index (χ1v) is 5.19. The molecule has 1 N–H and O–H groups in total. The summed E-state index contributed by atoms with van der Waals surface area (Å²) in [7, 11) is 0. The molecule has 72 valence electrons. The summed E-state index contributed by atoms with van der Waals surface area (Å²) in [6, 6.07) is 0. The van der Waals surface area contributed by atoms with E-state index in [0.717, 1.165) is 6.42 Å². The summed E-state index contributed by atoms with van der Waals surface area (Å²) in [6.07, 6.45) is 7.04. The fourth-order valence-electron chi connectivity index (χ4n) is 1.95. The van der Waals surface area contributed by atoms with Gasteiger partial charge in [0.25, 0.3) is 0 Å². The molecule has 0 atom stereocenters. The predicted molar refractivity (Wildman–Crippen MR) is 54.0 cm³/mol. The second-order valence-corrected chi connectivity index (χ2v) is 3.65. The Morgan fingerprint density at radius 3 is 2.85 bits per heavy atom. The third-order valence-electron chi connectivity index (χ3n) is 2.75. The van der Waals surface area contributed by atoms with E-state index in [-0.39, 0.29) is 0 Å². The van der Waals surface area contributed by atoms with Crippen molar-refractivity contribution in [3.8, 4) is 0 Å². The molecule has 2 rings (SSSR count). The van der Waals surface area contributed by atoms with Crippen molar-refractivity contribution in [2.45, 2.75) is 32.6 Å². The normalized spacial score (nSPS) is 17.8. The lowest BCUT2D eigenvalue weighted by Gasteiger charge is -2.27. The maximum atomic E-state index is 4.10. The van der Waals surface area contributed by atoms with Crippen LogP contribution in [-0.2, 0) is 6.42 Å². The van der Waals surface area contributed by atoms with E-state index < -0.39 is 0 Å². The number of piperidine rings is 1. The quantitative estimate of drug-likeness (QED) is 0.752. The molecule has 2 heterocycles. The second-order valence-electron chi connectivity index (χ2n) is 3.65. The van der Waals surface area contributed by atoms with Crippen LogP contribution in [0.1, 0.15) is 31.7 Å². The lowest BCUT2D eigenvalue weighted by molar-refractivity contribution is 0.571. The molecule has 1 aromatic heterocycles. The SMILES string of the molecule is CCc1cn[nH]c1N1CCCCC1. The van der Waals surface area contributed by atoms with Crippen LogP contribution in [0.3, 0.4) is 0 Å². The van der Waals surface area contributed by atoms with Crippen molar-refractivity contribution in [3.05, 3.63) is 11.8 Å². The average molecular weight is 179 g/mol. The largest absolute Gasteiger partial charge is 0.357 e. The van der Waals surface area contributed by atoms with E-state index in [9.17, 15) is 0 Å². The molecule has 1 aliphatic rings. The Bertz CT molecular complexity index is 261. The van der Waals surface area contributed by atoms with Gasteiger partial charge in [-0.05, 0) is 25.7 Å². The van der Waals surface area contributed by atoms with Gasteiger partial charge in [0, 0.05) is 18.7 Å². The molecule has 1 aromatic rings. The van der Waals surface area contributed by atoms with Crippen LogP contribution < -0.4 is 4.90 Å². The van der Waals surface area contributed by atoms with Crippen LogP contribution in [0.2, 0.25) is 0 Å². The Kier molecular flexibility index (Phi) is 2.52. The highest BCUT2D eigenvalue weighted by Gasteiger charge is 2.14. The minimum Gasteiger partial charge on any atom is -0.357 e. The minimum atomic E-state index is 1.07. The van der Waals surface area contributed by atoms with Gasteiger partial charge in [0.05, 0.1) is 6.20 Å². The number of nitrogens with one attached hydrogen (secondary N) is 1. The number of aromatic amines is 1. The Balaban J connectivity index is 2.13. The molecule has 0 radical (unpaired) electrons. The van der Waals surface area contributed by atoms with E-state index in [1.54, 1.807) is 0 Å². The molecule has 0 amide bonds. The molecule has 0 aliphatic carbocycles. The van der Waals surface area contributed by atoms with Crippen molar-refractivity contribution < 1.29 is 0 Å². The zero-order valence-corrected chi connectivity index (χ0v) is 8.21. The van der Waals surface area contributed by atoms with Gasteiger partial charge in [0.2, 0.25) is 0 Å². The first kappa shape index (κ1) is 8.60. The number of H-pyrrole nitrogens is 1. The molecule has 3 nitrogen and oxygen atoms in total. The summed E-state index contributed by atoms with van der Waals surface area (Å²) in [6.45, 7) is 4.56. The van der Waals surface area contributed by atoms with Gasteiger partial charge < -0.3 is 4.90 Å². The van der Waals surface area contributed by atoms with E-state index in [1.807, 2.05) is 6.20 Å². The van der Waals surface area contributed by atoms with Crippen molar-refractivity contribution in [2.75, 3.05) is 18.0 Å². The van der Waals surface area contributed by atoms with Crippen molar-refractivity contribution >= 4 is 5.82 Å². The summed E-state index contributed by atoms with van der Waals surface area (Å²) in [5.74, 6) is 1.25. The number of nitrogens with zero attached hydrogens (tertiary/aromatic N) is 2. The van der Waals surface area contributed by atoms with E-state index in [4.69, 9.17) is 0 Å². The van der Waals surface area contributed by atoms with Crippen LogP contribution in [0.5, 0.6) is 0 Å². The van der Waals surface area contributed by atoms with Crippen LogP contribution in [0, 0.1) is 0 Å². The highest BCUT2D eigenvalue weighted by atomic mass is 15.3. The number of anilines is 1. The van der Waals surface area contributed by atoms with Gasteiger partial charge in [-0.25, -0.2) is 0 Å². The Morgan fingerprint density at radius 2 is 2.15 bits per heavy atom. The fraction of sp³-hybridized carbons (Fsp3) is 0.700. The van der Waals surface area contributed by atoms with Crippen molar-refractivity contribution in [3.63, 3.8) is 0 Å². The lowest BCUT2D eigenvalue weighted by atomic mass is 10.1. The summed E-state index contributed by atoms with van der Waals surface area (Å²) < 4.78 is 0. The summed E-state index contributed by atoms with van der Waals surface area (Å²) in [5.41, 5.74) is 1.35. The zero-order valence-electron chi connectivity index (χ0n) is 8.21. The smallest absolute Gasteiger partial charge is 0.127 e. The second kappa shape index (κ2) is 3.81. The van der Waals surface area contributed by atoms with Gasteiger partial charge in [-0.3, -0.25) is 5.10 Å². The number of hydrogen-bond acceptors (Lipinski definition) is 2. The number of rotatable bonds is 2. The van der Waals surface area contributed by atoms with Gasteiger partial charge in [-0.1, -0.05) is 6.92 Å². The van der Waals surface area contributed by atoms with Crippen LogP contribution in [-0.4, -0.2) is 23.3 Å². The van der Waals surface area contributed by atoms with E-state index in [2.05, 4.69) is 22.0 Å². The third-order valence-corrected chi connectivity index (χ3v) is 2.75. The first-order valence-electron chi connectivity index (χ1n) is 5.19. The molecule has 0 saturated carbocycles. The highest BCUT2D eigenvalue weighted by Crippen LogP contribution is 2.21. The molecular formula is C10H17N3. The lowest BCUT2D eigenvalue weighted by Crippen LogP contribution is -2.30. The Hall–Kier alpha value is -0.990. The van der Waals surface area contributed by atoms with Crippen molar-refractivity contribution in [1.29, 1.82) is 0 Å². The van der Waals surface area contributed by atoms with Crippen molar-refractivity contribution in [1.82, 2.24) is 10.2 Å². The summed E-state index contributed by atoms with van der Waals surface area (Å²) >= 11 is 0. The Labute approximate surface area is 79.1 Å². The van der Waals surface area contributed by atoms with E-state index >= 15 is 0 Å². The minimum absolute atomic E-state index is 1.07. The summed E-state index contributed by atoms with van der Waals surface area (Å²) in [5, 5.41) is 7.20. The highest BCUT2D eigenvalue weighted by molar-refractivity contribution is 5.45. The monoisotopic (exact) mass is 179 g/mol. The van der Waals surface area contributed by atoms with Gasteiger partial charge >= 0.3 is 0 Å². The molecule has 0 aromatic carbocycles. The number of aromatic nitrogens is 2. The molecular weight excluding hydrogens is 162 g/mol. The standard InChI is InChI=1S/C10H17N3/c1-2-9-8-11-12-10(9)13-6-4-3-5-7-13/h8H,2-7H2,1H3,(H,11,12). The van der Waals surface area contributed by atoms with E-state index in [0.29, 0.717) is 0 Å². The Morgan fingerprint density at radius 1 is 1.38 bits per heavy atom. The van der Waals surface area contributed by atoms with E-state index in [1.165, 1.54) is 43.7 Å². The molecule has 1 fully saturated rings. The molecule has 1 aliphatic heterocycles. The van der Waals surface area contributed by atoms with Crippen LogP contribution in [0.15, 0.2) is 6.20 Å².